The average molecular weight is 385 g/mol. The number of hydrogen-bond donors (Lipinski definition) is 0. The van der Waals surface area contributed by atoms with E-state index in [1.54, 1.807) is 11.8 Å². The molecule has 144 valence electrons. The first-order valence-electron chi connectivity index (χ1n) is 10.0. The maximum absolute atomic E-state index is 12.9. The van der Waals surface area contributed by atoms with E-state index in [9.17, 15) is 4.79 Å². The minimum absolute atomic E-state index is 0.135. The third kappa shape index (κ3) is 4.37. The molecule has 1 unspecified atom stereocenters. The van der Waals surface area contributed by atoms with Gasteiger partial charge >= 0.3 is 0 Å². The molecule has 2 fully saturated rings. The zero-order chi connectivity index (χ0) is 18.8. The first kappa shape index (κ1) is 18.5. The van der Waals surface area contributed by atoms with E-state index < -0.39 is 0 Å². The standard InChI is InChI=1S/C21H28N4OS/c1-15-10-12-24(13-11-15)20(26)16(2)27-21-23-22-19(18-8-9-18)25(21)14-17-6-4-3-5-7-17/h3-7,15-16,18H,8-14H2,1-2H3. The second-order valence-corrected chi connectivity index (χ2v) is 9.26. The number of piperidine rings is 1. The van der Waals surface area contributed by atoms with Gasteiger partial charge in [-0.3, -0.25) is 4.79 Å². The van der Waals surface area contributed by atoms with Crippen LogP contribution in [0.5, 0.6) is 0 Å². The van der Waals surface area contributed by atoms with Gasteiger partial charge in [-0.2, -0.15) is 0 Å². The van der Waals surface area contributed by atoms with Gasteiger partial charge in [0.05, 0.1) is 11.8 Å². The number of benzene rings is 1. The number of hydrogen-bond acceptors (Lipinski definition) is 4. The summed E-state index contributed by atoms with van der Waals surface area (Å²) in [5.74, 6) is 2.57. The Bertz CT molecular complexity index is 779. The van der Waals surface area contributed by atoms with Crippen LogP contribution in [0.25, 0.3) is 0 Å². The predicted molar refractivity (Wildman–Crippen MR) is 108 cm³/mol. The van der Waals surface area contributed by atoms with E-state index in [0.29, 0.717) is 5.92 Å². The van der Waals surface area contributed by atoms with E-state index in [0.717, 1.165) is 49.4 Å². The molecular weight excluding hydrogens is 356 g/mol. The van der Waals surface area contributed by atoms with Gasteiger partial charge in [-0.15, -0.1) is 10.2 Å². The summed E-state index contributed by atoms with van der Waals surface area (Å²) in [4.78, 5) is 14.9. The molecule has 1 amide bonds. The maximum Gasteiger partial charge on any atom is 0.235 e. The molecule has 2 heterocycles. The van der Waals surface area contributed by atoms with Crippen molar-refractivity contribution in [3.63, 3.8) is 0 Å². The summed E-state index contributed by atoms with van der Waals surface area (Å²) >= 11 is 1.56. The Morgan fingerprint density at radius 2 is 1.85 bits per heavy atom. The van der Waals surface area contributed by atoms with Crippen molar-refractivity contribution in [2.75, 3.05) is 13.1 Å². The number of likely N-dealkylation sites (tertiary alicyclic amines) is 1. The van der Waals surface area contributed by atoms with Crippen LogP contribution in [0.1, 0.15) is 56.8 Å². The minimum atomic E-state index is -0.135. The molecule has 0 N–H and O–H groups in total. The second kappa shape index (κ2) is 8.05. The van der Waals surface area contributed by atoms with Crippen LogP contribution in [-0.4, -0.2) is 43.9 Å². The fraction of sp³-hybridized carbons (Fsp3) is 0.571. The quantitative estimate of drug-likeness (QED) is 0.708. The van der Waals surface area contributed by atoms with Crippen molar-refractivity contribution in [1.29, 1.82) is 0 Å². The number of carbonyl (C=O) groups excluding carboxylic acids is 1. The van der Waals surface area contributed by atoms with Gasteiger partial charge in [-0.05, 0) is 44.1 Å². The highest BCUT2D eigenvalue weighted by Gasteiger charge is 2.32. The molecule has 6 heteroatoms. The molecule has 1 aliphatic heterocycles. The zero-order valence-corrected chi connectivity index (χ0v) is 17.0. The zero-order valence-electron chi connectivity index (χ0n) is 16.2. The normalized spacial score (nSPS) is 19.3. The molecule has 4 rings (SSSR count). The third-order valence-corrected chi connectivity index (χ3v) is 6.66. The lowest BCUT2D eigenvalue weighted by Crippen LogP contribution is -2.41. The lowest BCUT2D eigenvalue weighted by Gasteiger charge is -2.32. The number of aromatic nitrogens is 3. The van der Waals surface area contributed by atoms with Gasteiger partial charge in [-0.25, -0.2) is 0 Å². The summed E-state index contributed by atoms with van der Waals surface area (Å²) in [6, 6.07) is 10.4. The molecule has 1 saturated carbocycles. The maximum atomic E-state index is 12.9. The molecule has 27 heavy (non-hydrogen) atoms. The molecular formula is C21H28N4OS. The van der Waals surface area contributed by atoms with Crippen LogP contribution in [0.3, 0.4) is 0 Å². The Hall–Kier alpha value is -1.82. The summed E-state index contributed by atoms with van der Waals surface area (Å²) in [5.41, 5.74) is 1.24. The Morgan fingerprint density at radius 1 is 1.15 bits per heavy atom. The van der Waals surface area contributed by atoms with E-state index in [2.05, 4.69) is 46.0 Å². The summed E-state index contributed by atoms with van der Waals surface area (Å²) < 4.78 is 2.22. The lowest BCUT2D eigenvalue weighted by molar-refractivity contribution is -0.131. The van der Waals surface area contributed by atoms with Gasteiger partial charge in [0.15, 0.2) is 5.16 Å². The Balaban J connectivity index is 1.48. The summed E-state index contributed by atoms with van der Waals surface area (Å²) in [6.45, 7) is 6.81. The highest BCUT2D eigenvalue weighted by atomic mass is 32.2. The third-order valence-electron chi connectivity index (χ3n) is 5.60. The molecule has 1 saturated heterocycles. The lowest BCUT2D eigenvalue weighted by atomic mass is 9.99. The van der Waals surface area contributed by atoms with Crippen molar-refractivity contribution < 1.29 is 4.79 Å². The molecule has 2 aromatic rings. The Kier molecular flexibility index (Phi) is 5.53. The van der Waals surface area contributed by atoms with Gasteiger partial charge in [0, 0.05) is 19.0 Å². The van der Waals surface area contributed by atoms with Gasteiger partial charge in [0.2, 0.25) is 5.91 Å². The summed E-state index contributed by atoms with van der Waals surface area (Å²) in [7, 11) is 0. The fourth-order valence-electron chi connectivity index (χ4n) is 3.64. The van der Waals surface area contributed by atoms with Crippen LogP contribution in [0.4, 0.5) is 0 Å². The molecule has 1 aliphatic carbocycles. The van der Waals surface area contributed by atoms with Crippen molar-refractivity contribution in [3.05, 3.63) is 41.7 Å². The van der Waals surface area contributed by atoms with Gasteiger partial charge in [0.25, 0.3) is 0 Å². The van der Waals surface area contributed by atoms with Gasteiger partial charge in [0.1, 0.15) is 5.82 Å². The van der Waals surface area contributed by atoms with Crippen molar-refractivity contribution in [3.8, 4) is 0 Å². The highest BCUT2D eigenvalue weighted by Crippen LogP contribution is 2.40. The van der Waals surface area contributed by atoms with Crippen LogP contribution < -0.4 is 0 Å². The summed E-state index contributed by atoms with van der Waals surface area (Å²) in [5, 5.41) is 9.67. The van der Waals surface area contributed by atoms with E-state index in [1.165, 1.54) is 18.4 Å². The molecule has 5 nitrogen and oxygen atoms in total. The van der Waals surface area contributed by atoms with E-state index >= 15 is 0 Å². The Labute approximate surface area is 165 Å². The number of rotatable bonds is 6. The first-order chi connectivity index (χ1) is 13.1. The van der Waals surface area contributed by atoms with Crippen molar-refractivity contribution >= 4 is 17.7 Å². The van der Waals surface area contributed by atoms with Crippen molar-refractivity contribution in [2.45, 2.75) is 62.4 Å². The molecule has 0 spiro atoms. The molecule has 0 bridgehead atoms. The van der Waals surface area contributed by atoms with Gasteiger partial charge in [-0.1, -0.05) is 49.0 Å². The van der Waals surface area contributed by atoms with Crippen LogP contribution in [0.15, 0.2) is 35.5 Å². The van der Waals surface area contributed by atoms with Crippen LogP contribution in [-0.2, 0) is 11.3 Å². The van der Waals surface area contributed by atoms with E-state index in [-0.39, 0.29) is 11.2 Å². The number of carbonyl (C=O) groups is 1. The topological polar surface area (TPSA) is 51.0 Å². The monoisotopic (exact) mass is 384 g/mol. The first-order valence-corrected chi connectivity index (χ1v) is 10.9. The van der Waals surface area contributed by atoms with Crippen LogP contribution >= 0.6 is 11.8 Å². The smallest absolute Gasteiger partial charge is 0.235 e. The minimum Gasteiger partial charge on any atom is -0.342 e. The number of amides is 1. The second-order valence-electron chi connectivity index (χ2n) is 7.95. The molecule has 1 aromatic carbocycles. The predicted octanol–water partition coefficient (Wildman–Crippen LogP) is 3.94. The highest BCUT2D eigenvalue weighted by molar-refractivity contribution is 8.00. The van der Waals surface area contributed by atoms with Crippen molar-refractivity contribution in [1.82, 2.24) is 19.7 Å². The molecule has 2 aliphatic rings. The number of nitrogens with zero attached hydrogens (tertiary/aromatic N) is 4. The molecule has 1 aromatic heterocycles. The van der Waals surface area contributed by atoms with Gasteiger partial charge < -0.3 is 9.47 Å². The van der Waals surface area contributed by atoms with Crippen LogP contribution in [0, 0.1) is 5.92 Å². The SMILES string of the molecule is CC1CCN(C(=O)C(C)Sc2nnc(C3CC3)n2Cc2ccccc2)CC1. The average Bonchev–Trinajstić information content (AvgIpc) is 3.46. The van der Waals surface area contributed by atoms with Crippen LogP contribution in [0.2, 0.25) is 0 Å². The fourth-order valence-corrected chi connectivity index (χ4v) is 4.58. The summed E-state index contributed by atoms with van der Waals surface area (Å²) in [6.07, 6.45) is 4.61. The van der Waals surface area contributed by atoms with E-state index in [1.807, 2.05) is 17.9 Å². The number of thioether (sulfide) groups is 1. The molecule has 1 atom stereocenters. The Morgan fingerprint density at radius 3 is 2.52 bits per heavy atom. The van der Waals surface area contributed by atoms with E-state index in [4.69, 9.17) is 0 Å². The largest absolute Gasteiger partial charge is 0.342 e. The molecule has 0 radical (unpaired) electrons. The van der Waals surface area contributed by atoms with Crippen molar-refractivity contribution in [2.24, 2.45) is 5.92 Å².